The van der Waals surface area contributed by atoms with Gasteiger partial charge >= 0.3 is 6.18 Å². The highest BCUT2D eigenvalue weighted by atomic mass is 32.2. The molecule has 0 atom stereocenters. The molecule has 3 aromatic rings. The third-order valence-electron chi connectivity index (χ3n) is 5.00. The van der Waals surface area contributed by atoms with Crippen LogP contribution < -0.4 is 4.74 Å². The molecule has 0 spiro atoms. The number of morpholine rings is 1. The summed E-state index contributed by atoms with van der Waals surface area (Å²) in [4.78, 5) is 16.9. The molecule has 0 aliphatic carbocycles. The van der Waals surface area contributed by atoms with Crippen LogP contribution in [0.1, 0.15) is 11.1 Å². The van der Waals surface area contributed by atoms with Crippen LogP contribution in [0.3, 0.4) is 0 Å². The van der Waals surface area contributed by atoms with Crippen LogP contribution in [-0.2, 0) is 15.7 Å². The van der Waals surface area contributed by atoms with E-state index in [-0.39, 0.29) is 28.4 Å². The van der Waals surface area contributed by atoms with Crippen LogP contribution in [0.4, 0.5) is 13.2 Å². The van der Waals surface area contributed by atoms with Crippen molar-refractivity contribution < 1.29 is 27.4 Å². The summed E-state index contributed by atoms with van der Waals surface area (Å²) in [6, 6.07) is 12.8. The minimum Gasteiger partial charge on any atom is -0.484 e. The maximum atomic E-state index is 13.7. The SMILES string of the molecule is Cc1ccc(-c2cc(OCC(=O)SN3CCOCC3)c3c(C(F)(F)F)cccc3n2)cc1. The number of halogens is 3. The first-order valence-electron chi connectivity index (χ1n) is 10.1. The van der Waals surface area contributed by atoms with E-state index >= 15 is 0 Å². The molecule has 0 saturated carbocycles. The van der Waals surface area contributed by atoms with Gasteiger partial charge in [0.05, 0.1) is 35.4 Å². The molecule has 4 rings (SSSR count). The van der Waals surface area contributed by atoms with Gasteiger partial charge in [-0.05, 0) is 19.1 Å². The Balaban J connectivity index is 1.68. The largest absolute Gasteiger partial charge is 0.484 e. The van der Waals surface area contributed by atoms with Gasteiger partial charge in [0.1, 0.15) is 5.75 Å². The van der Waals surface area contributed by atoms with Gasteiger partial charge in [-0.3, -0.25) is 4.79 Å². The number of aromatic nitrogens is 1. The van der Waals surface area contributed by atoms with Crippen LogP contribution in [0.25, 0.3) is 22.2 Å². The Hall–Kier alpha value is -2.62. The summed E-state index contributed by atoms with van der Waals surface area (Å²) < 4.78 is 53.9. The van der Waals surface area contributed by atoms with E-state index in [4.69, 9.17) is 9.47 Å². The number of hydrogen-bond acceptors (Lipinski definition) is 6. The van der Waals surface area contributed by atoms with Crippen LogP contribution >= 0.6 is 11.9 Å². The molecule has 0 unspecified atom stereocenters. The van der Waals surface area contributed by atoms with Gasteiger partial charge in [0.25, 0.3) is 0 Å². The molecule has 0 amide bonds. The van der Waals surface area contributed by atoms with E-state index in [9.17, 15) is 18.0 Å². The topological polar surface area (TPSA) is 51.7 Å². The van der Waals surface area contributed by atoms with Gasteiger partial charge in [-0.2, -0.15) is 13.2 Å². The van der Waals surface area contributed by atoms with E-state index in [1.807, 2.05) is 35.5 Å². The summed E-state index contributed by atoms with van der Waals surface area (Å²) in [6.07, 6.45) is -4.59. The zero-order valence-electron chi connectivity index (χ0n) is 17.3. The second kappa shape index (κ2) is 9.48. The number of nitrogens with zero attached hydrogens (tertiary/aromatic N) is 2. The smallest absolute Gasteiger partial charge is 0.417 e. The fraction of sp³-hybridized carbons (Fsp3) is 0.304. The molecule has 0 bridgehead atoms. The van der Waals surface area contributed by atoms with Crippen molar-refractivity contribution in [1.29, 1.82) is 0 Å². The molecule has 9 heteroatoms. The highest BCUT2D eigenvalue weighted by molar-refractivity contribution is 8.11. The van der Waals surface area contributed by atoms with E-state index in [2.05, 4.69) is 4.98 Å². The average Bonchev–Trinajstić information content (AvgIpc) is 2.77. The predicted octanol–water partition coefficient (Wildman–Crippen LogP) is 5.11. The van der Waals surface area contributed by atoms with Crippen molar-refractivity contribution in [2.45, 2.75) is 13.1 Å². The summed E-state index contributed by atoms with van der Waals surface area (Å²) in [7, 11) is 0. The molecule has 2 aromatic carbocycles. The van der Waals surface area contributed by atoms with Gasteiger partial charge in [0.15, 0.2) is 6.61 Å². The molecule has 168 valence electrons. The predicted molar refractivity (Wildman–Crippen MR) is 117 cm³/mol. The standard InChI is InChI=1S/C23H21F3N2O3S/c1-15-5-7-16(8-6-15)19-13-20(31-14-21(29)32-28-9-11-30-12-10-28)22-17(23(24,25)26)3-2-4-18(22)27-19/h2-8,13H,9-12,14H2,1H3. The number of carbonyl (C=O) groups excluding carboxylic acids is 1. The molecular weight excluding hydrogens is 441 g/mol. The van der Waals surface area contributed by atoms with Crippen LogP contribution in [0.2, 0.25) is 0 Å². The number of hydrogen-bond donors (Lipinski definition) is 0. The molecule has 32 heavy (non-hydrogen) atoms. The van der Waals surface area contributed by atoms with Crippen molar-refractivity contribution in [2.24, 2.45) is 0 Å². The number of ether oxygens (including phenoxy) is 2. The second-order valence-corrected chi connectivity index (χ2v) is 8.52. The Labute approximate surface area is 187 Å². The van der Waals surface area contributed by atoms with Crippen molar-refractivity contribution in [2.75, 3.05) is 32.9 Å². The molecule has 2 heterocycles. The van der Waals surface area contributed by atoms with Gasteiger partial charge in [0.2, 0.25) is 5.12 Å². The first-order chi connectivity index (χ1) is 15.3. The van der Waals surface area contributed by atoms with E-state index in [1.54, 1.807) is 0 Å². The number of rotatable bonds is 5. The molecular formula is C23H21F3N2O3S. The summed E-state index contributed by atoms with van der Waals surface area (Å²) in [5.41, 5.74) is 1.58. The number of benzene rings is 2. The zero-order valence-corrected chi connectivity index (χ0v) is 18.1. The lowest BCUT2D eigenvalue weighted by Gasteiger charge is -2.24. The highest BCUT2D eigenvalue weighted by Gasteiger charge is 2.34. The fourth-order valence-corrected chi connectivity index (χ4v) is 4.15. The van der Waals surface area contributed by atoms with Crippen molar-refractivity contribution in [3.63, 3.8) is 0 Å². The quantitative estimate of drug-likeness (QED) is 0.491. The third kappa shape index (κ3) is 5.23. The monoisotopic (exact) mass is 462 g/mol. The highest BCUT2D eigenvalue weighted by Crippen LogP contribution is 2.40. The maximum Gasteiger partial charge on any atom is 0.417 e. The van der Waals surface area contributed by atoms with Crippen molar-refractivity contribution in [3.8, 4) is 17.0 Å². The Bertz CT molecular complexity index is 1110. The summed E-state index contributed by atoms with van der Waals surface area (Å²) >= 11 is 1.01. The summed E-state index contributed by atoms with van der Waals surface area (Å²) in [6.45, 7) is 3.85. The molecule has 1 aromatic heterocycles. The Kier molecular flexibility index (Phi) is 6.68. The minimum atomic E-state index is -4.59. The van der Waals surface area contributed by atoms with E-state index in [0.717, 1.165) is 29.1 Å². The third-order valence-corrected chi connectivity index (χ3v) is 5.94. The number of fused-ring (bicyclic) bond motifs is 1. The molecule has 5 nitrogen and oxygen atoms in total. The van der Waals surface area contributed by atoms with Crippen molar-refractivity contribution >= 4 is 28.0 Å². The Morgan fingerprint density at radius 1 is 1.16 bits per heavy atom. The summed E-state index contributed by atoms with van der Waals surface area (Å²) in [5.74, 6) is -0.0190. The van der Waals surface area contributed by atoms with E-state index in [1.165, 1.54) is 18.2 Å². The second-order valence-electron chi connectivity index (χ2n) is 7.36. The first-order valence-corrected chi connectivity index (χ1v) is 10.8. The number of aryl methyl sites for hydroxylation is 1. The van der Waals surface area contributed by atoms with Gasteiger partial charge in [-0.15, -0.1) is 0 Å². The molecule has 1 aliphatic rings. The molecule has 0 radical (unpaired) electrons. The van der Waals surface area contributed by atoms with Crippen molar-refractivity contribution in [3.05, 3.63) is 59.7 Å². The van der Waals surface area contributed by atoms with Crippen LogP contribution in [-0.4, -0.2) is 47.3 Å². The first kappa shape index (κ1) is 22.6. The lowest BCUT2D eigenvalue weighted by molar-refractivity contribution is -0.136. The lowest BCUT2D eigenvalue weighted by Crippen LogP contribution is -2.32. The maximum absolute atomic E-state index is 13.7. The van der Waals surface area contributed by atoms with Gasteiger partial charge in [-0.25, -0.2) is 9.29 Å². The van der Waals surface area contributed by atoms with Crippen LogP contribution in [0, 0.1) is 6.92 Å². The Morgan fingerprint density at radius 2 is 1.88 bits per heavy atom. The van der Waals surface area contributed by atoms with E-state index in [0.29, 0.717) is 32.0 Å². The van der Waals surface area contributed by atoms with Gasteiger partial charge < -0.3 is 9.47 Å². The number of pyridine rings is 1. The van der Waals surface area contributed by atoms with Crippen molar-refractivity contribution in [1.82, 2.24) is 9.29 Å². The zero-order chi connectivity index (χ0) is 22.7. The fourth-order valence-electron chi connectivity index (χ4n) is 3.42. The lowest BCUT2D eigenvalue weighted by atomic mass is 10.0. The molecule has 1 saturated heterocycles. The number of carbonyl (C=O) groups is 1. The average molecular weight is 462 g/mol. The van der Waals surface area contributed by atoms with Gasteiger partial charge in [-0.1, -0.05) is 35.9 Å². The molecule has 1 aliphatic heterocycles. The van der Waals surface area contributed by atoms with E-state index < -0.39 is 11.7 Å². The van der Waals surface area contributed by atoms with Crippen LogP contribution in [0.15, 0.2) is 48.5 Å². The summed E-state index contributed by atoms with van der Waals surface area (Å²) in [5, 5.41) is -0.446. The molecule has 1 fully saturated rings. The normalized spacial score (nSPS) is 15.1. The minimum absolute atomic E-state index is 0.0190. The number of alkyl halides is 3. The van der Waals surface area contributed by atoms with Gasteiger partial charge in [0, 0.05) is 36.7 Å². The molecule has 0 N–H and O–H groups in total. The Morgan fingerprint density at radius 3 is 2.56 bits per heavy atom. The van der Waals surface area contributed by atoms with Crippen LogP contribution in [0.5, 0.6) is 5.75 Å².